The summed E-state index contributed by atoms with van der Waals surface area (Å²) in [5.41, 5.74) is 3.01. The zero-order valence-corrected chi connectivity index (χ0v) is 26.7. The van der Waals surface area contributed by atoms with Crippen molar-refractivity contribution in [3.8, 4) is 0 Å². The van der Waals surface area contributed by atoms with E-state index in [1.807, 2.05) is 24.3 Å². The molecule has 2 aromatic carbocycles. The molecule has 0 saturated carbocycles. The summed E-state index contributed by atoms with van der Waals surface area (Å²) in [7, 11) is 0. The predicted molar refractivity (Wildman–Crippen MR) is 168 cm³/mol. The minimum absolute atomic E-state index is 0.362. The van der Waals surface area contributed by atoms with Crippen LogP contribution in [0.5, 0.6) is 0 Å². The summed E-state index contributed by atoms with van der Waals surface area (Å²) in [6.07, 6.45) is 15.5. The third-order valence-electron chi connectivity index (χ3n) is 7.63. The van der Waals surface area contributed by atoms with Crippen LogP contribution >= 0.6 is 0 Å². The molecule has 0 aliphatic heterocycles. The lowest BCUT2D eigenvalue weighted by molar-refractivity contribution is -0.421. The van der Waals surface area contributed by atoms with Crippen LogP contribution in [-0.4, -0.2) is 18.2 Å². The van der Waals surface area contributed by atoms with Crippen LogP contribution in [0.15, 0.2) is 48.5 Å². The number of hydrogen-bond donors (Lipinski definition) is 0. The number of unbranched alkanes of at least 4 members (excludes halogenated alkanes) is 12. The van der Waals surface area contributed by atoms with Gasteiger partial charge in [-0.3, -0.25) is 9.78 Å². The van der Waals surface area contributed by atoms with Gasteiger partial charge in [-0.1, -0.05) is 136 Å². The Bertz CT molecular complexity index is 929. The van der Waals surface area contributed by atoms with Crippen molar-refractivity contribution in [2.75, 3.05) is 0 Å². The summed E-state index contributed by atoms with van der Waals surface area (Å²) in [4.78, 5) is 45.9. The van der Waals surface area contributed by atoms with Crippen molar-refractivity contribution < 1.29 is 29.1 Å². The first-order valence-corrected chi connectivity index (χ1v) is 16.3. The Hall–Kier alpha value is -2.70. The minimum atomic E-state index is -1.02. The van der Waals surface area contributed by atoms with E-state index in [-0.39, 0.29) is 0 Å². The topological polar surface area (TPSA) is 71.1 Å². The van der Waals surface area contributed by atoms with E-state index in [9.17, 15) is 9.59 Å². The largest absolute Gasteiger partial charge is 0.373 e. The van der Waals surface area contributed by atoms with Gasteiger partial charge in [-0.2, -0.15) is 0 Å². The van der Waals surface area contributed by atoms with E-state index in [0.717, 1.165) is 30.4 Å². The highest BCUT2D eigenvalue weighted by Gasteiger charge is 2.20. The SMILES string of the molecule is CCCCCCCCCCCCCCCC(OOC(=O)c1ccc(C(C)C)cc1)OOC(=O)c1ccc(C(C)C)cc1. The van der Waals surface area contributed by atoms with Gasteiger partial charge in [-0.15, -0.1) is 9.78 Å². The van der Waals surface area contributed by atoms with Crippen molar-refractivity contribution in [3.63, 3.8) is 0 Å². The number of carbonyl (C=O) groups excluding carboxylic acids is 2. The maximum absolute atomic E-state index is 12.6. The van der Waals surface area contributed by atoms with Crippen LogP contribution in [0.4, 0.5) is 0 Å². The summed E-state index contributed by atoms with van der Waals surface area (Å²) < 4.78 is 0. The Morgan fingerprint density at radius 3 is 1.19 bits per heavy atom. The lowest BCUT2D eigenvalue weighted by Crippen LogP contribution is -2.22. The van der Waals surface area contributed by atoms with Gasteiger partial charge in [0, 0.05) is 6.42 Å². The smallest absolute Gasteiger partial charge is 0.290 e. The highest BCUT2D eigenvalue weighted by atomic mass is 17.3. The maximum atomic E-state index is 12.6. The van der Waals surface area contributed by atoms with Gasteiger partial charge >= 0.3 is 11.9 Å². The van der Waals surface area contributed by atoms with Crippen LogP contribution < -0.4 is 0 Å². The molecule has 0 atom stereocenters. The molecule has 0 spiro atoms. The van der Waals surface area contributed by atoms with Crippen LogP contribution in [0.3, 0.4) is 0 Å². The maximum Gasteiger partial charge on any atom is 0.373 e. The van der Waals surface area contributed by atoms with Crippen molar-refractivity contribution in [2.24, 2.45) is 0 Å². The molecule has 0 amide bonds. The fraction of sp³-hybridized carbons (Fsp3) is 0.611. The van der Waals surface area contributed by atoms with E-state index < -0.39 is 18.2 Å². The molecule has 0 aromatic heterocycles. The van der Waals surface area contributed by atoms with E-state index in [4.69, 9.17) is 19.6 Å². The Balaban J connectivity index is 1.77. The Morgan fingerprint density at radius 2 is 0.857 bits per heavy atom. The Morgan fingerprint density at radius 1 is 0.524 bits per heavy atom. The molecule has 0 N–H and O–H groups in total. The molecule has 42 heavy (non-hydrogen) atoms. The van der Waals surface area contributed by atoms with E-state index in [0.29, 0.717) is 29.4 Å². The van der Waals surface area contributed by atoms with Gasteiger partial charge in [-0.25, -0.2) is 9.59 Å². The monoisotopic (exact) mass is 582 g/mol. The highest BCUT2D eigenvalue weighted by Crippen LogP contribution is 2.19. The fourth-order valence-electron chi connectivity index (χ4n) is 4.74. The first-order valence-electron chi connectivity index (χ1n) is 16.3. The van der Waals surface area contributed by atoms with Crippen LogP contribution in [0.1, 0.15) is 168 Å². The third-order valence-corrected chi connectivity index (χ3v) is 7.63. The second-order valence-corrected chi connectivity index (χ2v) is 11.9. The summed E-state index contributed by atoms with van der Waals surface area (Å²) in [5, 5.41) is 0. The number of rotatable bonds is 22. The molecule has 0 aliphatic carbocycles. The quantitative estimate of drug-likeness (QED) is 0.0595. The van der Waals surface area contributed by atoms with Crippen molar-refractivity contribution in [3.05, 3.63) is 70.8 Å². The molecule has 0 unspecified atom stereocenters. The molecule has 0 bridgehead atoms. The molecule has 2 aromatic rings. The zero-order chi connectivity index (χ0) is 30.6. The zero-order valence-electron chi connectivity index (χ0n) is 26.7. The summed E-state index contributed by atoms with van der Waals surface area (Å²) in [6.45, 7) is 10.6. The van der Waals surface area contributed by atoms with E-state index in [1.54, 1.807) is 24.3 Å². The molecule has 0 heterocycles. The summed E-state index contributed by atoms with van der Waals surface area (Å²) in [6, 6.07) is 14.4. The van der Waals surface area contributed by atoms with Crippen LogP contribution in [0.2, 0.25) is 0 Å². The van der Waals surface area contributed by atoms with Crippen molar-refractivity contribution in [1.29, 1.82) is 0 Å². The standard InChI is InChI=1S/C36H54O6/c1-6-7-8-9-10-11-12-13-14-15-16-17-18-19-34(39-41-35(37)32-24-20-30(21-25-32)28(2)3)40-42-36(38)33-26-22-31(23-27-33)29(4)5/h20-29,34H,6-19H2,1-5H3. The average Bonchev–Trinajstić information content (AvgIpc) is 3.00. The number of carbonyl (C=O) groups is 2. The van der Waals surface area contributed by atoms with Gasteiger partial charge in [0.15, 0.2) is 0 Å². The summed E-state index contributed by atoms with van der Waals surface area (Å²) in [5.74, 6) is -0.527. The predicted octanol–water partition coefficient (Wildman–Crippen LogP) is 10.6. The number of hydrogen-bond acceptors (Lipinski definition) is 6. The highest BCUT2D eigenvalue weighted by molar-refractivity contribution is 5.89. The summed E-state index contributed by atoms with van der Waals surface area (Å²) >= 11 is 0. The molecular weight excluding hydrogens is 528 g/mol. The molecule has 0 fully saturated rings. The molecule has 6 nitrogen and oxygen atoms in total. The molecular formula is C36H54O6. The second-order valence-electron chi connectivity index (χ2n) is 11.9. The minimum Gasteiger partial charge on any atom is -0.290 e. The van der Waals surface area contributed by atoms with Crippen molar-refractivity contribution in [1.82, 2.24) is 0 Å². The van der Waals surface area contributed by atoms with Crippen molar-refractivity contribution >= 4 is 11.9 Å². The first kappa shape index (κ1) is 35.5. The molecule has 0 aliphatic rings. The molecule has 0 radical (unpaired) electrons. The van der Waals surface area contributed by atoms with E-state index in [1.165, 1.54) is 64.2 Å². The van der Waals surface area contributed by atoms with Gasteiger partial charge in [0.2, 0.25) is 6.29 Å². The molecule has 234 valence electrons. The number of benzene rings is 2. The lowest BCUT2D eigenvalue weighted by Gasteiger charge is -2.15. The van der Waals surface area contributed by atoms with E-state index in [2.05, 4.69) is 34.6 Å². The Labute approximate surface area is 254 Å². The second kappa shape index (κ2) is 21.1. The van der Waals surface area contributed by atoms with Crippen LogP contribution in [-0.2, 0) is 19.6 Å². The molecule has 0 saturated heterocycles. The third kappa shape index (κ3) is 14.5. The van der Waals surface area contributed by atoms with Gasteiger partial charge in [0.05, 0.1) is 11.1 Å². The molecule has 2 rings (SSSR count). The van der Waals surface area contributed by atoms with Gasteiger partial charge < -0.3 is 0 Å². The van der Waals surface area contributed by atoms with E-state index >= 15 is 0 Å². The van der Waals surface area contributed by atoms with Gasteiger partial charge in [0.1, 0.15) is 0 Å². The molecule has 6 heteroatoms. The average molecular weight is 583 g/mol. The van der Waals surface area contributed by atoms with Crippen molar-refractivity contribution in [2.45, 2.75) is 143 Å². The lowest BCUT2D eigenvalue weighted by atomic mass is 10.0. The fourth-order valence-corrected chi connectivity index (χ4v) is 4.74. The van der Waals surface area contributed by atoms with Crippen LogP contribution in [0.25, 0.3) is 0 Å². The van der Waals surface area contributed by atoms with Gasteiger partial charge in [0.25, 0.3) is 0 Å². The van der Waals surface area contributed by atoms with Crippen LogP contribution in [0, 0.1) is 0 Å². The normalized spacial score (nSPS) is 11.4. The van der Waals surface area contributed by atoms with Gasteiger partial charge in [-0.05, 0) is 53.6 Å². The Kier molecular flexibility index (Phi) is 17.8. The first-order chi connectivity index (χ1) is 20.3.